The Kier molecular flexibility index (Phi) is 7.78. The smallest absolute Gasteiger partial charge is 0.217 e. The quantitative estimate of drug-likeness (QED) is 0.434. The van der Waals surface area contributed by atoms with Gasteiger partial charge >= 0.3 is 0 Å². The van der Waals surface area contributed by atoms with Crippen LogP contribution in [0.4, 0.5) is 0 Å². The SMILES string of the molecule is CCNC(=NCCOc1ccc(Cl)cn1)N1CCCC(CC(N)=O)C1. The van der Waals surface area contributed by atoms with Crippen molar-refractivity contribution < 1.29 is 9.53 Å². The van der Waals surface area contributed by atoms with Crippen molar-refractivity contribution in [1.29, 1.82) is 0 Å². The number of amides is 1. The van der Waals surface area contributed by atoms with Gasteiger partial charge < -0.3 is 20.7 Å². The summed E-state index contributed by atoms with van der Waals surface area (Å²) in [7, 11) is 0. The highest BCUT2D eigenvalue weighted by Gasteiger charge is 2.23. The minimum atomic E-state index is -0.238. The maximum absolute atomic E-state index is 11.2. The number of rotatable bonds is 7. The van der Waals surface area contributed by atoms with Crippen LogP contribution in [-0.4, -0.2) is 54.5 Å². The van der Waals surface area contributed by atoms with E-state index >= 15 is 0 Å². The fraction of sp³-hybridized carbons (Fsp3) is 0.588. The number of nitrogens with zero attached hydrogens (tertiary/aromatic N) is 3. The minimum Gasteiger partial charge on any atom is -0.476 e. The molecule has 1 aromatic heterocycles. The molecule has 1 saturated heterocycles. The Hall–Kier alpha value is -2.02. The number of pyridine rings is 1. The molecular weight excluding hydrogens is 342 g/mol. The van der Waals surface area contributed by atoms with Gasteiger partial charge in [0.1, 0.15) is 6.61 Å². The van der Waals surface area contributed by atoms with Crippen LogP contribution in [0.1, 0.15) is 26.2 Å². The lowest BCUT2D eigenvalue weighted by Crippen LogP contribution is -2.47. The van der Waals surface area contributed by atoms with E-state index in [4.69, 9.17) is 22.1 Å². The molecule has 2 rings (SSSR count). The predicted molar refractivity (Wildman–Crippen MR) is 98.8 cm³/mol. The lowest BCUT2D eigenvalue weighted by molar-refractivity contribution is -0.119. The van der Waals surface area contributed by atoms with Gasteiger partial charge in [-0.05, 0) is 31.7 Å². The zero-order valence-electron chi connectivity index (χ0n) is 14.6. The van der Waals surface area contributed by atoms with Gasteiger partial charge in [-0.25, -0.2) is 9.98 Å². The van der Waals surface area contributed by atoms with Crippen LogP contribution in [0.2, 0.25) is 5.02 Å². The molecule has 0 radical (unpaired) electrons. The fourth-order valence-electron chi connectivity index (χ4n) is 2.88. The first-order chi connectivity index (χ1) is 12.1. The largest absolute Gasteiger partial charge is 0.476 e. The number of hydrogen-bond acceptors (Lipinski definition) is 4. The maximum Gasteiger partial charge on any atom is 0.217 e. The van der Waals surface area contributed by atoms with E-state index in [1.165, 1.54) is 0 Å². The summed E-state index contributed by atoms with van der Waals surface area (Å²) in [6, 6.07) is 3.47. The van der Waals surface area contributed by atoms with E-state index in [9.17, 15) is 4.79 Å². The molecule has 1 amide bonds. The van der Waals surface area contributed by atoms with Crippen LogP contribution in [0.25, 0.3) is 0 Å². The molecule has 8 heteroatoms. The summed E-state index contributed by atoms with van der Waals surface area (Å²) >= 11 is 5.80. The van der Waals surface area contributed by atoms with Crippen molar-refractivity contribution >= 4 is 23.5 Å². The maximum atomic E-state index is 11.2. The Balaban J connectivity index is 1.86. The van der Waals surface area contributed by atoms with E-state index in [1.54, 1.807) is 18.3 Å². The number of carbonyl (C=O) groups excluding carboxylic acids is 1. The molecule has 1 aliphatic rings. The van der Waals surface area contributed by atoms with Crippen LogP contribution in [0.3, 0.4) is 0 Å². The molecule has 1 aromatic rings. The monoisotopic (exact) mass is 367 g/mol. The van der Waals surface area contributed by atoms with Crippen LogP contribution in [-0.2, 0) is 4.79 Å². The molecule has 7 nitrogen and oxygen atoms in total. The second-order valence-corrected chi connectivity index (χ2v) is 6.46. The summed E-state index contributed by atoms with van der Waals surface area (Å²) < 4.78 is 5.57. The third-order valence-electron chi connectivity index (χ3n) is 3.95. The normalized spacial score (nSPS) is 18.1. The summed E-state index contributed by atoms with van der Waals surface area (Å²) in [5.41, 5.74) is 5.33. The first kappa shape index (κ1) is 19.3. The number of likely N-dealkylation sites (tertiary alicyclic amines) is 1. The summed E-state index contributed by atoms with van der Waals surface area (Å²) in [4.78, 5) is 22.1. The second kappa shape index (κ2) is 10.1. The van der Waals surface area contributed by atoms with Crippen molar-refractivity contribution in [3.8, 4) is 5.88 Å². The number of aromatic nitrogens is 1. The van der Waals surface area contributed by atoms with Gasteiger partial charge in [0.15, 0.2) is 5.96 Å². The van der Waals surface area contributed by atoms with E-state index in [1.807, 2.05) is 6.92 Å². The fourth-order valence-corrected chi connectivity index (χ4v) is 3.00. The van der Waals surface area contributed by atoms with Gasteiger partial charge in [-0.1, -0.05) is 11.6 Å². The number of nitrogens with two attached hydrogens (primary N) is 1. The molecule has 1 unspecified atom stereocenters. The van der Waals surface area contributed by atoms with Crippen LogP contribution in [0.5, 0.6) is 5.88 Å². The number of hydrogen-bond donors (Lipinski definition) is 2. The van der Waals surface area contributed by atoms with E-state index in [-0.39, 0.29) is 5.91 Å². The van der Waals surface area contributed by atoms with Crippen LogP contribution in [0.15, 0.2) is 23.3 Å². The third kappa shape index (κ3) is 6.78. The topological polar surface area (TPSA) is 92.8 Å². The van der Waals surface area contributed by atoms with Crippen molar-refractivity contribution in [3.05, 3.63) is 23.4 Å². The van der Waals surface area contributed by atoms with Crippen molar-refractivity contribution in [2.24, 2.45) is 16.6 Å². The van der Waals surface area contributed by atoms with Gasteiger partial charge in [0.2, 0.25) is 11.8 Å². The van der Waals surface area contributed by atoms with Crippen molar-refractivity contribution in [2.45, 2.75) is 26.2 Å². The Morgan fingerprint density at radius 2 is 2.40 bits per heavy atom. The van der Waals surface area contributed by atoms with Crippen molar-refractivity contribution in [2.75, 3.05) is 32.8 Å². The number of guanidine groups is 1. The molecule has 1 fully saturated rings. The summed E-state index contributed by atoms with van der Waals surface area (Å²) in [6.07, 6.45) is 4.05. The molecule has 1 atom stereocenters. The predicted octanol–water partition coefficient (Wildman–Crippen LogP) is 1.67. The van der Waals surface area contributed by atoms with Crippen molar-refractivity contribution in [1.82, 2.24) is 15.2 Å². The number of aliphatic imine (C=N–C) groups is 1. The zero-order valence-corrected chi connectivity index (χ0v) is 15.3. The average molecular weight is 368 g/mol. The molecule has 0 saturated carbocycles. The molecule has 1 aliphatic heterocycles. The molecule has 2 heterocycles. The Morgan fingerprint density at radius 3 is 3.08 bits per heavy atom. The number of halogens is 1. The van der Waals surface area contributed by atoms with Crippen molar-refractivity contribution in [3.63, 3.8) is 0 Å². The van der Waals surface area contributed by atoms with E-state index in [0.717, 1.165) is 38.4 Å². The molecule has 0 spiro atoms. The van der Waals surface area contributed by atoms with Crippen LogP contribution in [0, 0.1) is 5.92 Å². The van der Waals surface area contributed by atoms with E-state index in [2.05, 4.69) is 20.2 Å². The number of piperidine rings is 1. The summed E-state index contributed by atoms with van der Waals surface area (Å²) in [5.74, 6) is 1.44. The standard InChI is InChI=1S/C17H26ClN5O2/c1-2-20-17(23-8-3-4-13(12-23)10-15(19)24)21-7-9-25-16-6-5-14(18)11-22-16/h5-6,11,13H,2-4,7-10,12H2,1H3,(H2,19,24)(H,20,21). The van der Waals surface area contributed by atoms with Crippen LogP contribution >= 0.6 is 11.6 Å². The van der Waals surface area contributed by atoms with Gasteiger partial charge in [0, 0.05) is 38.3 Å². The molecule has 0 bridgehead atoms. The zero-order chi connectivity index (χ0) is 18.1. The Labute approximate surface area is 153 Å². The van der Waals surface area contributed by atoms with Gasteiger partial charge in [0.05, 0.1) is 11.6 Å². The molecule has 138 valence electrons. The second-order valence-electron chi connectivity index (χ2n) is 6.02. The number of carbonyl (C=O) groups is 1. The molecule has 3 N–H and O–H groups in total. The van der Waals surface area contributed by atoms with Gasteiger partial charge in [-0.15, -0.1) is 0 Å². The molecule has 25 heavy (non-hydrogen) atoms. The highest BCUT2D eigenvalue weighted by molar-refractivity contribution is 6.30. The minimum absolute atomic E-state index is 0.238. The van der Waals surface area contributed by atoms with E-state index in [0.29, 0.717) is 36.4 Å². The molecular formula is C17H26ClN5O2. The highest BCUT2D eigenvalue weighted by Crippen LogP contribution is 2.19. The number of nitrogens with one attached hydrogen (secondary N) is 1. The summed E-state index contributed by atoms with van der Waals surface area (Å²) in [5, 5.41) is 3.88. The van der Waals surface area contributed by atoms with Gasteiger partial charge in [-0.2, -0.15) is 0 Å². The van der Waals surface area contributed by atoms with Crippen LogP contribution < -0.4 is 15.8 Å². The van der Waals surface area contributed by atoms with Gasteiger partial charge in [-0.3, -0.25) is 4.79 Å². The lowest BCUT2D eigenvalue weighted by atomic mass is 9.95. The Bertz CT molecular complexity index is 579. The number of ether oxygens (including phenoxy) is 1. The average Bonchev–Trinajstić information content (AvgIpc) is 2.59. The number of primary amides is 1. The molecule has 0 aromatic carbocycles. The third-order valence-corrected chi connectivity index (χ3v) is 4.17. The van der Waals surface area contributed by atoms with E-state index < -0.39 is 0 Å². The lowest BCUT2D eigenvalue weighted by Gasteiger charge is -2.34. The first-order valence-corrected chi connectivity index (χ1v) is 9.02. The van der Waals surface area contributed by atoms with Gasteiger partial charge in [0.25, 0.3) is 0 Å². The highest BCUT2D eigenvalue weighted by atomic mass is 35.5. The summed E-state index contributed by atoms with van der Waals surface area (Å²) in [6.45, 7) is 5.50. The first-order valence-electron chi connectivity index (χ1n) is 8.64. The Morgan fingerprint density at radius 1 is 1.56 bits per heavy atom. The molecule has 0 aliphatic carbocycles.